The fraction of sp³-hybridized carbons (Fsp3) is 0.133. The number of rotatable bonds is 3. The van der Waals surface area contributed by atoms with Gasteiger partial charge in [0.1, 0.15) is 12.1 Å². The number of aryl methyl sites for hydroxylation is 1. The number of thiocarbonyl (C=S) groups is 1. The average molecular weight is 330 g/mol. The monoisotopic (exact) mass is 330 g/mol. The van der Waals surface area contributed by atoms with Gasteiger partial charge in [-0.1, -0.05) is 0 Å². The first-order chi connectivity index (χ1) is 10.7. The van der Waals surface area contributed by atoms with Gasteiger partial charge in [-0.2, -0.15) is 0 Å². The van der Waals surface area contributed by atoms with Crippen LogP contribution in [0.4, 0.5) is 5.13 Å². The second-order valence-electron chi connectivity index (χ2n) is 4.55. The highest BCUT2D eigenvalue weighted by Gasteiger charge is 2.11. The Labute approximate surface area is 137 Å². The minimum Gasteiger partial charge on any atom is -0.497 e. The number of benzene rings is 1. The number of methoxy groups -OCH3 is 1. The number of nitrogens with zero attached hydrogens (tertiary/aromatic N) is 3. The molecule has 1 aromatic carbocycles. The minimum atomic E-state index is 0.549. The molecule has 0 spiro atoms. The van der Waals surface area contributed by atoms with Crippen molar-refractivity contribution in [1.29, 1.82) is 0 Å². The van der Waals surface area contributed by atoms with Crippen molar-refractivity contribution in [2.24, 2.45) is 0 Å². The normalized spacial score (nSPS) is 10.5. The predicted octanol–water partition coefficient (Wildman–Crippen LogP) is 3.57. The molecule has 3 rings (SSSR count). The van der Waals surface area contributed by atoms with Gasteiger partial charge in [-0.15, -0.1) is 11.3 Å². The number of thiazole rings is 1. The SMILES string of the molecule is COc1ccc(-c2nc(NC(=S)n3ccnc3)sc2C)cc1. The third-order valence-corrected chi connectivity index (χ3v) is 4.31. The Morgan fingerprint density at radius 3 is 2.73 bits per heavy atom. The summed E-state index contributed by atoms with van der Waals surface area (Å²) in [5.74, 6) is 0.830. The van der Waals surface area contributed by atoms with Gasteiger partial charge in [-0.05, 0) is 43.4 Å². The van der Waals surface area contributed by atoms with Crippen LogP contribution in [-0.2, 0) is 0 Å². The Bertz CT molecular complexity index is 778. The Kier molecular flexibility index (Phi) is 4.17. The van der Waals surface area contributed by atoms with E-state index in [0.29, 0.717) is 5.11 Å². The second kappa shape index (κ2) is 6.25. The summed E-state index contributed by atoms with van der Waals surface area (Å²) in [5.41, 5.74) is 2.00. The third kappa shape index (κ3) is 3.00. The molecule has 2 aromatic heterocycles. The molecule has 0 amide bonds. The molecule has 112 valence electrons. The summed E-state index contributed by atoms with van der Waals surface area (Å²) in [7, 11) is 1.65. The third-order valence-electron chi connectivity index (χ3n) is 3.11. The van der Waals surface area contributed by atoms with Crippen LogP contribution in [0.2, 0.25) is 0 Å². The molecule has 5 nitrogen and oxygen atoms in total. The van der Waals surface area contributed by atoms with Crippen molar-refractivity contribution >= 4 is 33.8 Å². The Morgan fingerprint density at radius 2 is 2.09 bits per heavy atom. The summed E-state index contributed by atoms with van der Waals surface area (Å²) >= 11 is 6.89. The highest BCUT2D eigenvalue weighted by molar-refractivity contribution is 7.80. The van der Waals surface area contributed by atoms with Crippen LogP contribution in [-0.4, -0.2) is 26.8 Å². The largest absolute Gasteiger partial charge is 0.497 e. The molecule has 3 aromatic rings. The summed E-state index contributed by atoms with van der Waals surface area (Å²) in [6.45, 7) is 2.04. The first-order valence-electron chi connectivity index (χ1n) is 6.58. The van der Waals surface area contributed by atoms with Gasteiger partial charge in [0.15, 0.2) is 10.2 Å². The van der Waals surface area contributed by atoms with E-state index in [9.17, 15) is 0 Å². The van der Waals surface area contributed by atoms with E-state index in [1.165, 1.54) is 0 Å². The molecular formula is C15H14N4OS2. The van der Waals surface area contributed by atoms with E-state index in [0.717, 1.165) is 27.0 Å². The maximum Gasteiger partial charge on any atom is 0.189 e. The fourth-order valence-electron chi connectivity index (χ4n) is 2.00. The number of hydrogen-bond donors (Lipinski definition) is 1. The van der Waals surface area contributed by atoms with E-state index < -0.39 is 0 Å². The van der Waals surface area contributed by atoms with Gasteiger partial charge >= 0.3 is 0 Å². The van der Waals surface area contributed by atoms with Gasteiger partial charge < -0.3 is 10.1 Å². The number of hydrogen-bond acceptors (Lipinski definition) is 5. The number of imidazole rings is 1. The highest BCUT2D eigenvalue weighted by atomic mass is 32.1. The summed E-state index contributed by atoms with van der Waals surface area (Å²) in [4.78, 5) is 9.73. The molecule has 0 saturated carbocycles. The van der Waals surface area contributed by atoms with Gasteiger partial charge in [0.05, 0.1) is 12.8 Å². The molecule has 2 heterocycles. The van der Waals surface area contributed by atoms with E-state index in [2.05, 4.69) is 15.3 Å². The Hall–Kier alpha value is -2.25. The van der Waals surface area contributed by atoms with E-state index in [4.69, 9.17) is 17.0 Å². The van der Waals surface area contributed by atoms with Crippen molar-refractivity contribution in [3.05, 3.63) is 47.9 Å². The molecule has 0 unspecified atom stereocenters. The first-order valence-corrected chi connectivity index (χ1v) is 7.81. The van der Waals surface area contributed by atoms with Crippen LogP contribution in [0.15, 0.2) is 43.0 Å². The lowest BCUT2D eigenvalue weighted by molar-refractivity contribution is 0.415. The van der Waals surface area contributed by atoms with Crippen LogP contribution < -0.4 is 10.1 Å². The lowest BCUT2D eigenvalue weighted by Crippen LogP contribution is -2.17. The molecule has 0 aliphatic rings. The van der Waals surface area contributed by atoms with E-state index in [1.807, 2.05) is 31.2 Å². The zero-order valence-corrected chi connectivity index (χ0v) is 13.7. The van der Waals surface area contributed by atoms with Crippen molar-refractivity contribution in [3.63, 3.8) is 0 Å². The molecular weight excluding hydrogens is 316 g/mol. The number of aromatic nitrogens is 3. The molecule has 0 aliphatic carbocycles. The summed E-state index contributed by atoms with van der Waals surface area (Å²) < 4.78 is 6.91. The first kappa shape index (κ1) is 14.7. The van der Waals surface area contributed by atoms with Crippen LogP contribution >= 0.6 is 23.6 Å². The van der Waals surface area contributed by atoms with Crippen molar-refractivity contribution < 1.29 is 4.74 Å². The lowest BCUT2D eigenvalue weighted by Gasteiger charge is -2.04. The van der Waals surface area contributed by atoms with Gasteiger partial charge in [0.25, 0.3) is 0 Å². The van der Waals surface area contributed by atoms with Crippen LogP contribution in [0.1, 0.15) is 4.88 Å². The van der Waals surface area contributed by atoms with E-state index >= 15 is 0 Å². The van der Waals surface area contributed by atoms with Crippen molar-refractivity contribution in [2.75, 3.05) is 12.4 Å². The van der Waals surface area contributed by atoms with Crippen LogP contribution in [0.5, 0.6) is 5.75 Å². The molecule has 7 heteroatoms. The molecule has 0 saturated heterocycles. The predicted molar refractivity (Wildman–Crippen MR) is 92.7 cm³/mol. The molecule has 0 aliphatic heterocycles. The van der Waals surface area contributed by atoms with Gasteiger partial charge in [0.2, 0.25) is 0 Å². The maximum absolute atomic E-state index is 5.32. The van der Waals surface area contributed by atoms with Gasteiger partial charge in [0, 0.05) is 22.8 Å². The molecule has 22 heavy (non-hydrogen) atoms. The van der Waals surface area contributed by atoms with Crippen molar-refractivity contribution in [1.82, 2.24) is 14.5 Å². The fourth-order valence-corrected chi connectivity index (χ4v) is 3.11. The number of nitrogens with one attached hydrogen (secondary N) is 1. The topological polar surface area (TPSA) is 52.0 Å². The summed E-state index contributed by atoms with van der Waals surface area (Å²) in [5, 5.41) is 4.45. The maximum atomic E-state index is 5.32. The number of ether oxygens (including phenoxy) is 1. The lowest BCUT2D eigenvalue weighted by atomic mass is 10.1. The van der Waals surface area contributed by atoms with Gasteiger partial charge in [-0.3, -0.25) is 4.57 Å². The van der Waals surface area contributed by atoms with Crippen molar-refractivity contribution in [3.8, 4) is 17.0 Å². The van der Waals surface area contributed by atoms with E-state index in [-0.39, 0.29) is 0 Å². The molecule has 0 radical (unpaired) electrons. The smallest absolute Gasteiger partial charge is 0.189 e. The zero-order valence-electron chi connectivity index (χ0n) is 12.1. The van der Waals surface area contributed by atoms with E-state index in [1.54, 1.807) is 41.7 Å². The highest BCUT2D eigenvalue weighted by Crippen LogP contribution is 2.31. The summed E-state index contributed by atoms with van der Waals surface area (Å²) in [6, 6.07) is 7.85. The molecule has 0 fully saturated rings. The molecule has 0 bridgehead atoms. The molecule has 0 atom stereocenters. The van der Waals surface area contributed by atoms with Crippen LogP contribution in [0.25, 0.3) is 11.3 Å². The zero-order chi connectivity index (χ0) is 15.5. The minimum absolute atomic E-state index is 0.549. The standard InChI is InChI=1S/C15H14N4OS2/c1-10-13(11-3-5-12(20-2)6-4-11)17-14(22-10)18-15(21)19-8-7-16-9-19/h3-9H,1-2H3,(H,17,18,21). The molecule has 1 N–H and O–H groups in total. The number of anilines is 1. The van der Waals surface area contributed by atoms with Crippen LogP contribution in [0.3, 0.4) is 0 Å². The Balaban J connectivity index is 1.82. The van der Waals surface area contributed by atoms with Gasteiger partial charge in [-0.25, -0.2) is 9.97 Å². The summed E-state index contributed by atoms with van der Waals surface area (Å²) in [6.07, 6.45) is 5.13. The van der Waals surface area contributed by atoms with Crippen LogP contribution in [0, 0.1) is 6.92 Å². The van der Waals surface area contributed by atoms with Crippen molar-refractivity contribution in [2.45, 2.75) is 6.92 Å². The second-order valence-corrected chi connectivity index (χ2v) is 6.14. The average Bonchev–Trinajstić information content (AvgIpc) is 3.17. The Morgan fingerprint density at radius 1 is 1.32 bits per heavy atom. The quantitative estimate of drug-likeness (QED) is 0.744.